The topological polar surface area (TPSA) is 101 Å². The van der Waals surface area contributed by atoms with Gasteiger partial charge in [0.25, 0.3) is 0 Å². The molecule has 0 saturated carbocycles. The molecule has 0 radical (unpaired) electrons. The molecule has 2 N–H and O–H groups in total. The number of hydrogen-bond donors (Lipinski definition) is 2. The Morgan fingerprint density at radius 2 is 1.14 bits per heavy atom. The number of carboxylic acids is 1. The lowest BCUT2D eigenvalue weighted by atomic mass is 10.0. The average Bonchev–Trinajstić information content (AvgIpc) is 2.70. The molecule has 0 spiro atoms. The molecular formula is C23H41NO5. The maximum atomic E-state index is 11.8. The van der Waals surface area contributed by atoms with Crippen LogP contribution in [0.3, 0.4) is 0 Å². The van der Waals surface area contributed by atoms with E-state index in [-0.39, 0.29) is 18.7 Å². The number of rotatable bonds is 22. The number of hydrogen-bond acceptors (Lipinski definition) is 4. The van der Waals surface area contributed by atoms with Crippen molar-refractivity contribution in [2.24, 2.45) is 0 Å². The first-order chi connectivity index (χ1) is 14.1. The Balaban J connectivity index is 3.34. The molecular weight excluding hydrogens is 370 g/mol. The molecule has 1 atom stereocenters. The number of carbonyl (C=O) groups is 4. The van der Waals surface area contributed by atoms with Crippen molar-refractivity contribution in [3.05, 3.63) is 0 Å². The molecule has 0 aliphatic heterocycles. The Morgan fingerprint density at radius 3 is 1.55 bits per heavy atom. The highest BCUT2D eigenvalue weighted by atomic mass is 16.4. The van der Waals surface area contributed by atoms with E-state index < -0.39 is 12.0 Å². The van der Waals surface area contributed by atoms with Gasteiger partial charge in [0.15, 0.2) is 0 Å². The molecule has 0 aromatic rings. The van der Waals surface area contributed by atoms with Crippen LogP contribution in [0.2, 0.25) is 0 Å². The number of carboxylic acid groups (broad SMARTS) is 1. The molecule has 0 fully saturated rings. The highest BCUT2D eigenvalue weighted by molar-refractivity contribution is 5.79. The molecule has 1 amide bonds. The zero-order valence-electron chi connectivity index (χ0n) is 18.0. The first kappa shape index (κ1) is 27.3. The Labute approximate surface area is 176 Å². The molecule has 29 heavy (non-hydrogen) atoms. The van der Waals surface area contributed by atoms with E-state index in [1.54, 1.807) is 0 Å². The Hall–Kier alpha value is -1.72. The van der Waals surface area contributed by atoms with Crippen LogP contribution in [-0.2, 0) is 19.2 Å². The van der Waals surface area contributed by atoms with E-state index in [4.69, 9.17) is 5.11 Å². The van der Waals surface area contributed by atoms with Crippen LogP contribution in [0.1, 0.15) is 116 Å². The van der Waals surface area contributed by atoms with Crippen molar-refractivity contribution >= 4 is 24.4 Å². The van der Waals surface area contributed by atoms with Gasteiger partial charge in [-0.15, -0.1) is 0 Å². The molecule has 0 unspecified atom stereocenters. The first-order valence-corrected chi connectivity index (χ1v) is 11.5. The molecule has 0 aromatic heterocycles. The molecule has 0 aromatic carbocycles. The van der Waals surface area contributed by atoms with Crippen molar-refractivity contribution in [2.75, 3.05) is 0 Å². The van der Waals surface area contributed by atoms with Crippen LogP contribution in [-0.4, -0.2) is 35.6 Å². The highest BCUT2D eigenvalue weighted by Crippen LogP contribution is 2.13. The van der Waals surface area contributed by atoms with E-state index in [1.165, 1.54) is 64.2 Å². The third kappa shape index (κ3) is 20.8. The van der Waals surface area contributed by atoms with E-state index in [1.807, 2.05) is 0 Å². The van der Waals surface area contributed by atoms with Gasteiger partial charge in [-0.1, -0.05) is 77.0 Å². The van der Waals surface area contributed by atoms with E-state index >= 15 is 0 Å². The zero-order chi connectivity index (χ0) is 21.6. The largest absolute Gasteiger partial charge is 0.481 e. The molecule has 6 heteroatoms. The van der Waals surface area contributed by atoms with E-state index in [2.05, 4.69) is 5.32 Å². The van der Waals surface area contributed by atoms with Gasteiger partial charge in [-0.05, 0) is 19.3 Å². The maximum Gasteiger partial charge on any atom is 0.303 e. The molecule has 0 rings (SSSR count). The number of amides is 1. The summed E-state index contributed by atoms with van der Waals surface area (Å²) in [7, 11) is 0. The van der Waals surface area contributed by atoms with Crippen LogP contribution < -0.4 is 5.32 Å². The van der Waals surface area contributed by atoms with Gasteiger partial charge in [-0.3, -0.25) is 9.59 Å². The summed E-state index contributed by atoms with van der Waals surface area (Å²) in [6.45, 7) is 0. The highest BCUT2D eigenvalue weighted by Gasteiger charge is 2.12. The van der Waals surface area contributed by atoms with Crippen LogP contribution in [0.4, 0.5) is 0 Å². The fourth-order valence-corrected chi connectivity index (χ4v) is 3.37. The van der Waals surface area contributed by atoms with Gasteiger partial charge in [0.05, 0.1) is 6.04 Å². The number of unbranched alkanes of at least 4 members (excludes halogenated alkanes) is 14. The quantitative estimate of drug-likeness (QED) is 0.193. The normalized spacial score (nSPS) is 11.7. The predicted molar refractivity (Wildman–Crippen MR) is 115 cm³/mol. The van der Waals surface area contributed by atoms with Crippen LogP contribution in [0.15, 0.2) is 0 Å². The first-order valence-electron chi connectivity index (χ1n) is 11.5. The molecule has 0 saturated heterocycles. The van der Waals surface area contributed by atoms with Gasteiger partial charge in [0, 0.05) is 19.3 Å². The molecule has 0 heterocycles. The Bertz CT molecular complexity index is 439. The lowest BCUT2D eigenvalue weighted by Gasteiger charge is -2.11. The fraction of sp³-hybridized carbons (Fsp3) is 0.826. The monoisotopic (exact) mass is 411 g/mol. The summed E-state index contributed by atoms with van der Waals surface area (Å²) in [5.74, 6) is -1.13. The SMILES string of the molecule is O=CCCCCCCCCCCCCCCCCC(=O)N[C@H](C=O)CCC(=O)O. The second-order valence-corrected chi connectivity index (χ2v) is 7.90. The average molecular weight is 412 g/mol. The summed E-state index contributed by atoms with van der Waals surface area (Å²) in [4.78, 5) is 43.3. The number of carbonyl (C=O) groups excluding carboxylic acids is 3. The van der Waals surface area contributed by atoms with Crippen LogP contribution in [0.25, 0.3) is 0 Å². The van der Waals surface area contributed by atoms with Crippen LogP contribution >= 0.6 is 0 Å². The van der Waals surface area contributed by atoms with E-state index in [0.29, 0.717) is 19.1 Å². The second kappa shape index (κ2) is 21.0. The minimum Gasteiger partial charge on any atom is -0.481 e. The number of aliphatic carboxylic acids is 1. The van der Waals surface area contributed by atoms with Gasteiger partial charge in [0.2, 0.25) is 5.91 Å². The predicted octanol–water partition coefficient (Wildman–Crippen LogP) is 4.98. The van der Waals surface area contributed by atoms with Crippen LogP contribution in [0, 0.1) is 0 Å². The maximum absolute atomic E-state index is 11.8. The van der Waals surface area contributed by atoms with Crippen molar-refractivity contribution in [3.63, 3.8) is 0 Å². The summed E-state index contributed by atoms with van der Waals surface area (Å²) in [5, 5.41) is 11.2. The van der Waals surface area contributed by atoms with Gasteiger partial charge >= 0.3 is 5.97 Å². The molecule has 0 bridgehead atoms. The van der Waals surface area contributed by atoms with E-state index in [9.17, 15) is 19.2 Å². The Kier molecular flexibility index (Phi) is 19.8. The number of nitrogens with one attached hydrogen (secondary N) is 1. The lowest BCUT2D eigenvalue weighted by Crippen LogP contribution is -2.36. The van der Waals surface area contributed by atoms with Crippen LogP contribution in [0.5, 0.6) is 0 Å². The Morgan fingerprint density at radius 1 is 0.690 bits per heavy atom. The van der Waals surface area contributed by atoms with Gasteiger partial charge < -0.3 is 20.0 Å². The summed E-state index contributed by atoms with van der Waals surface area (Å²) < 4.78 is 0. The smallest absolute Gasteiger partial charge is 0.303 e. The summed E-state index contributed by atoms with van der Waals surface area (Å²) in [6, 6.07) is -0.693. The molecule has 168 valence electrons. The minimum atomic E-state index is -0.964. The van der Waals surface area contributed by atoms with Crippen molar-refractivity contribution < 1.29 is 24.3 Å². The summed E-state index contributed by atoms with van der Waals surface area (Å²) in [5.41, 5.74) is 0. The minimum absolute atomic E-state index is 0.119. The summed E-state index contributed by atoms with van der Waals surface area (Å²) >= 11 is 0. The zero-order valence-corrected chi connectivity index (χ0v) is 18.0. The molecule has 0 aliphatic carbocycles. The summed E-state index contributed by atoms with van der Waals surface area (Å²) in [6.07, 6.45) is 19.4. The van der Waals surface area contributed by atoms with Crippen molar-refractivity contribution in [1.29, 1.82) is 0 Å². The number of aldehydes is 2. The van der Waals surface area contributed by atoms with Gasteiger partial charge in [0.1, 0.15) is 12.6 Å². The molecule has 0 aliphatic rings. The third-order valence-corrected chi connectivity index (χ3v) is 5.16. The lowest BCUT2D eigenvalue weighted by molar-refractivity contribution is -0.137. The van der Waals surface area contributed by atoms with Gasteiger partial charge in [-0.25, -0.2) is 0 Å². The standard InChI is InChI=1S/C23H41NO5/c25-19-15-13-11-9-7-5-3-1-2-4-6-8-10-12-14-16-22(27)24-21(20-26)17-18-23(28)29/h19-21H,1-18H2,(H,24,27)(H,28,29)/t21-/m0/s1. The molecule has 6 nitrogen and oxygen atoms in total. The fourth-order valence-electron chi connectivity index (χ4n) is 3.37. The van der Waals surface area contributed by atoms with Gasteiger partial charge in [-0.2, -0.15) is 0 Å². The third-order valence-electron chi connectivity index (χ3n) is 5.16. The second-order valence-electron chi connectivity index (χ2n) is 7.90. The van der Waals surface area contributed by atoms with Crippen molar-refractivity contribution in [2.45, 2.75) is 122 Å². The van der Waals surface area contributed by atoms with Crippen molar-refractivity contribution in [3.8, 4) is 0 Å². The van der Waals surface area contributed by atoms with Crippen molar-refractivity contribution in [1.82, 2.24) is 5.32 Å². The van der Waals surface area contributed by atoms with E-state index in [0.717, 1.165) is 32.0 Å².